The Hall–Kier alpha value is -5.15. The maximum atomic E-state index is 15.4. The molecule has 3 saturated heterocycles. The van der Waals surface area contributed by atoms with E-state index in [2.05, 4.69) is 65.2 Å². The summed E-state index contributed by atoms with van der Waals surface area (Å²) >= 11 is 0. The number of aromatic amines is 1. The maximum absolute atomic E-state index is 15.4. The number of hydrogen-bond donors (Lipinski definition) is 2. The van der Waals surface area contributed by atoms with Crippen LogP contribution in [0, 0.1) is 5.82 Å². The normalized spacial score (nSPS) is 21.9. The zero-order valence-electron chi connectivity index (χ0n) is 33.5. The van der Waals surface area contributed by atoms with E-state index in [9.17, 15) is 9.59 Å². The molecule has 15 heteroatoms. The summed E-state index contributed by atoms with van der Waals surface area (Å²) in [5.41, 5.74) is 4.06. The van der Waals surface area contributed by atoms with E-state index in [4.69, 9.17) is 9.47 Å². The third-order valence-corrected chi connectivity index (χ3v) is 12.5. The summed E-state index contributed by atoms with van der Waals surface area (Å²) in [4.78, 5) is 43.6. The van der Waals surface area contributed by atoms with Crippen LogP contribution in [0.4, 0.5) is 15.9 Å². The van der Waals surface area contributed by atoms with Crippen LogP contribution in [0.5, 0.6) is 5.75 Å². The van der Waals surface area contributed by atoms with Gasteiger partial charge in [0.15, 0.2) is 5.82 Å². The number of amides is 2. The molecular weight excluding hydrogens is 740 g/mol. The van der Waals surface area contributed by atoms with Crippen molar-refractivity contribution >= 4 is 45.3 Å². The largest absolute Gasteiger partial charge is 0.488 e. The van der Waals surface area contributed by atoms with Crippen molar-refractivity contribution in [3.8, 4) is 17.1 Å². The van der Waals surface area contributed by atoms with Crippen LogP contribution in [0.3, 0.4) is 0 Å². The van der Waals surface area contributed by atoms with Gasteiger partial charge < -0.3 is 28.7 Å². The number of anilines is 2. The van der Waals surface area contributed by atoms with E-state index in [1.54, 1.807) is 17.0 Å². The molecule has 3 aliphatic heterocycles. The van der Waals surface area contributed by atoms with E-state index in [0.29, 0.717) is 23.7 Å². The second-order valence-corrected chi connectivity index (χ2v) is 16.9. The molecule has 2 aromatic carbocycles. The Kier molecular flexibility index (Phi) is 10.7. The fourth-order valence-corrected chi connectivity index (χ4v) is 8.70. The van der Waals surface area contributed by atoms with Gasteiger partial charge in [0.05, 0.1) is 40.9 Å². The van der Waals surface area contributed by atoms with Gasteiger partial charge in [0.2, 0.25) is 11.8 Å². The Morgan fingerprint density at radius 2 is 1.62 bits per heavy atom. The summed E-state index contributed by atoms with van der Waals surface area (Å²) in [6.45, 7) is 7.71. The van der Waals surface area contributed by atoms with Crippen LogP contribution in [0.1, 0.15) is 83.6 Å². The number of imide groups is 1. The van der Waals surface area contributed by atoms with E-state index in [1.807, 2.05) is 24.3 Å². The zero-order valence-corrected chi connectivity index (χ0v) is 33.5. The molecule has 6 heterocycles. The molecule has 2 N–H and O–H groups in total. The molecule has 0 bridgehead atoms. The van der Waals surface area contributed by atoms with Crippen LogP contribution in [0.25, 0.3) is 33.3 Å². The number of nitrogens with one attached hydrogen (secondary N) is 2. The van der Waals surface area contributed by atoms with Crippen LogP contribution in [-0.4, -0.2) is 111 Å². The van der Waals surface area contributed by atoms with Crippen LogP contribution < -0.4 is 19.9 Å². The van der Waals surface area contributed by atoms with E-state index in [1.165, 1.54) is 38.4 Å². The van der Waals surface area contributed by atoms with Gasteiger partial charge in [-0.1, -0.05) is 19.3 Å². The first-order valence-corrected chi connectivity index (χ1v) is 21.0. The predicted molar refractivity (Wildman–Crippen MR) is 219 cm³/mol. The first-order chi connectivity index (χ1) is 28.2. The van der Waals surface area contributed by atoms with Crippen molar-refractivity contribution in [1.29, 1.82) is 0 Å². The first kappa shape index (κ1) is 38.4. The highest BCUT2D eigenvalue weighted by molar-refractivity contribution is 6.00. The van der Waals surface area contributed by atoms with Gasteiger partial charge in [0.1, 0.15) is 40.7 Å². The minimum atomic E-state index is -0.541. The van der Waals surface area contributed by atoms with Gasteiger partial charge in [-0.2, -0.15) is 5.10 Å². The third-order valence-electron chi connectivity index (χ3n) is 12.5. The first-order valence-electron chi connectivity index (χ1n) is 21.0. The van der Waals surface area contributed by atoms with Crippen LogP contribution in [0.15, 0.2) is 49.1 Å². The zero-order chi connectivity index (χ0) is 39.8. The number of aromatic nitrogens is 6. The topological polar surface area (TPSA) is 147 Å². The minimum absolute atomic E-state index is 0.00108. The summed E-state index contributed by atoms with van der Waals surface area (Å²) in [6.07, 6.45) is 14.7. The van der Waals surface area contributed by atoms with Crippen LogP contribution in [-0.2, 0) is 14.3 Å². The average molecular weight is 793 g/mol. The van der Waals surface area contributed by atoms with Crippen molar-refractivity contribution in [3.05, 3.63) is 54.9 Å². The lowest BCUT2D eigenvalue weighted by Crippen LogP contribution is -2.44. The highest BCUT2D eigenvalue weighted by atomic mass is 19.1. The van der Waals surface area contributed by atoms with Crippen molar-refractivity contribution in [2.75, 3.05) is 56.1 Å². The highest BCUT2D eigenvalue weighted by Crippen LogP contribution is 2.41. The Labute approximate surface area is 337 Å². The van der Waals surface area contributed by atoms with Crippen molar-refractivity contribution in [3.63, 3.8) is 0 Å². The monoisotopic (exact) mass is 792 g/mol. The summed E-state index contributed by atoms with van der Waals surface area (Å²) in [7, 11) is 2.15. The minimum Gasteiger partial charge on any atom is -0.488 e. The van der Waals surface area contributed by atoms with Gasteiger partial charge in [-0.3, -0.25) is 20.0 Å². The van der Waals surface area contributed by atoms with Crippen molar-refractivity contribution in [2.24, 2.45) is 0 Å². The van der Waals surface area contributed by atoms with Gasteiger partial charge in [-0.25, -0.2) is 19.3 Å². The molecule has 3 aromatic heterocycles. The number of fused-ring (bicyclic) bond motifs is 2. The Balaban J connectivity index is 0.000000152. The number of nitrogens with zero attached hydrogens (tertiary/aromatic N) is 8. The van der Waals surface area contributed by atoms with E-state index >= 15 is 4.39 Å². The van der Waals surface area contributed by atoms with Gasteiger partial charge in [-0.15, -0.1) is 0 Å². The second kappa shape index (κ2) is 16.2. The molecule has 1 unspecified atom stereocenters. The van der Waals surface area contributed by atoms with Gasteiger partial charge in [-0.05, 0) is 89.2 Å². The number of carbonyl (C=O) groups is 2. The summed E-state index contributed by atoms with van der Waals surface area (Å²) in [5, 5.41) is 11.0. The molecule has 0 spiro atoms. The Morgan fingerprint density at radius 3 is 2.38 bits per heavy atom. The molecule has 2 aliphatic carbocycles. The number of hydrogen-bond acceptors (Lipinski definition) is 11. The van der Waals surface area contributed by atoms with E-state index in [-0.39, 0.29) is 41.3 Å². The quantitative estimate of drug-likeness (QED) is 0.174. The molecule has 1 atom stereocenters. The molecule has 306 valence electrons. The number of rotatable bonds is 8. The maximum Gasteiger partial charge on any atom is 0.249 e. The molecule has 5 aliphatic rings. The molecule has 5 fully saturated rings. The van der Waals surface area contributed by atoms with Crippen LogP contribution >= 0.6 is 0 Å². The fourth-order valence-electron chi connectivity index (χ4n) is 8.70. The van der Waals surface area contributed by atoms with Crippen molar-refractivity contribution in [1.82, 2.24) is 39.9 Å². The molecule has 5 aromatic rings. The lowest BCUT2D eigenvalue weighted by atomic mass is 9.97. The number of likely N-dealkylation sites (N-methyl/N-ethyl adjacent to an activating group) is 1. The smallest absolute Gasteiger partial charge is 0.249 e. The molecule has 14 nitrogen and oxygen atoms in total. The van der Waals surface area contributed by atoms with Gasteiger partial charge in [0.25, 0.3) is 0 Å². The third kappa shape index (κ3) is 8.24. The predicted octanol–water partition coefficient (Wildman–Crippen LogP) is 6.17. The van der Waals surface area contributed by atoms with Gasteiger partial charge >= 0.3 is 0 Å². The number of ether oxygens (including phenoxy) is 2. The number of benzene rings is 2. The molecule has 2 saturated carbocycles. The van der Waals surface area contributed by atoms with Gasteiger partial charge in [0, 0.05) is 57.1 Å². The number of piperidine rings is 2. The van der Waals surface area contributed by atoms with Crippen molar-refractivity contribution < 1.29 is 23.5 Å². The number of piperazine rings is 1. The molecule has 58 heavy (non-hydrogen) atoms. The second-order valence-electron chi connectivity index (χ2n) is 16.9. The lowest BCUT2D eigenvalue weighted by Gasteiger charge is -2.36. The van der Waals surface area contributed by atoms with E-state index in [0.717, 1.165) is 98.8 Å². The molecule has 0 radical (unpaired) electrons. The summed E-state index contributed by atoms with van der Waals surface area (Å²) < 4.78 is 29.5. The molecular formula is C43H53FN10O4. The lowest BCUT2D eigenvalue weighted by molar-refractivity contribution is -0.135. The Bertz CT molecular complexity index is 2270. The molecule has 10 rings (SSSR count). The Morgan fingerprint density at radius 1 is 0.845 bits per heavy atom. The SMILES string of the molecule is CN1CCN(c2cc(-c3n[nH]c4ccc(OC5(C)CC5)cc34)ncn2)CC1.O=C1CCC(n2cnc3c(F)c(N4CCC(OC5CCCCC5)CC4)ccc32)C(=O)N1. The highest BCUT2D eigenvalue weighted by Gasteiger charge is 2.40. The summed E-state index contributed by atoms with van der Waals surface area (Å²) in [6, 6.07) is 11.2. The summed E-state index contributed by atoms with van der Waals surface area (Å²) in [5.74, 6) is 0.867. The molecule has 2 amide bonds. The average Bonchev–Trinajstić information content (AvgIpc) is 3.58. The standard InChI is InChI=1S/C23H29FN4O3.C20H24N6O/c24-21-17(27-12-10-16(11-13-27)31-15-4-2-1-3-5-15)6-7-18-22(21)25-14-28(18)19-8-9-20(29)26-23(19)30;1-20(5-6-20)27-14-3-4-16-15(11-14)19(24-23-16)17-12-18(22-13-21-17)26-9-7-25(2)8-10-26/h6-7,14-16,19H,1-5,8-13H2,(H,26,29,30);3-4,11-13H,5-10H2,1-2H3,(H,23,24). The number of H-pyrrole nitrogens is 1. The van der Waals surface area contributed by atoms with Crippen LogP contribution in [0.2, 0.25) is 0 Å². The van der Waals surface area contributed by atoms with E-state index < -0.39 is 6.04 Å². The fraction of sp³-hybridized carbons (Fsp3) is 0.535. The number of carbonyl (C=O) groups excluding carboxylic acids is 2. The number of halogens is 1. The van der Waals surface area contributed by atoms with Crippen molar-refractivity contribution in [2.45, 2.75) is 101 Å². The number of imidazole rings is 1.